The zero-order chi connectivity index (χ0) is 16.3. The van der Waals surface area contributed by atoms with E-state index in [1.54, 1.807) is 0 Å². The number of hydrogen-bond acceptors (Lipinski definition) is 5. The Morgan fingerprint density at radius 3 is 3.04 bits per heavy atom. The molecule has 0 fully saturated rings. The monoisotopic (exact) mass is 313 g/mol. The van der Waals surface area contributed by atoms with Crippen LogP contribution in [0.2, 0.25) is 0 Å². The van der Waals surface area contributed by atoms with Crippen LogP contribution in [-0.4, -0.2) is 34.6 Å². The molecule has 1 N–H and O–H groups in total. The Kier molecular flexibility index (Phi) is 4.14. The third-order valence-electron chi connectivity index (χ3n) is 3.50. The summed E-state index contributed by atoms with van der Waals surface area (Å²) >= 11 is 0. The van der Waals surface area contributed by atoms with Crippen molar-refractivity contribution in [1.82, 2.24) is 15.3 Å². The molecule has 6 heteroatoms. The first kappa shape index (κ1) is 15.3. The number of ether oxygens (including phenoxy) is 2. The van der Waals surface area contributed by atoms with Gasteiger partial charge in [-0.25, -0.2) is 4.98 Å². The van der Waals surface area contributed by atoms with E-state index in [0.29, 0.717) is 18.9 Å². The lowest BCUT2D eigenvalue weighted by molar-refractivity contribution is 0.0941. The van der Waals surface area contributed by atoms with Crippen molar-refractivity contribution in [3.05, 3.63) is 48.0 Å². The molecule has 0 atom stereocenters. The summed E-state index contributed by atoms with van der Waals surface area (Å²) in [6.45, 7) is 4.84. The van der Waals surface area contributed by atoms with Gasteiger partial charge < -0.3 is 14.8 Å². The number of rotatable bonds is 5. The maximum Gasteiger partial charge on any atom is 0.271 e. The van der Waals surface area contributed by atoms with Crippen LogP contribution in [0.5, 0.6) is 11.5 Å². The van der Waals surface area contributed by atoms with Crippen LogP contribution in [0.15, 0.2) is 36.8 Å². The van der Waals surface area contributed by atoms with Crippen LogP contribution in [0.1, 0.15) is 29.9 Å². The fourth-order valence-corrected chi connectivity index (χ4v) is 2.53. The number of carbonyl (C=O) groups excluding carboxylic acids is 1. The molecule has 2 aromatic rings. The van der Waals surface area contributed by atoms with E-state index in [2.05, 4.69) is 29.1 Å². The number of fused-ring (bicyclic) bond motifs is 1. The topological polar surface area (TPSA) is 73.3 Å². The minimum atomic E-state index is -0.266. The average molecular weight is 313 g/mol. The van der Waals surface area contributed by atoms with Crippen molar-refractivity contribution in [3.8, 4) is 11.5 Å². The Morgan fingerprint density at radius 1 is 1.39 bits per heavy atom. The zero-order valence-corrected chi connectivity index (χ0v) is 13.2. The second kappa shape index (κ2) is 6.24. The molecule has 0 aliphatic carbocycles. The normalized spacial score (nSPS) is 14.7. The van der Waals surface area contributed by atoms with Crippen molar-refractivity contribution >= 4 is 5.91 Å². The minimum absolute atomic E-state index is 0.206. The summed E-state index contributed by atoms with van der Waals surface area (Å²) in [4.78, 5) is 19.6. The summed E-state index contributed by atoms with van der Waals surface area (Å²) in [5.41, 5.74) is 1.23. The highest BCUT2D eigenvalue weighted by molar-refractivity contribution is 5.91. The number of aromatic nitrogens is 2. The van der Waals surface area contributed by atoms with Crippen molar-refractivity contribution in [3.63, 3.8) is 0 Å². The van der Waals surface area contributed by atoms with Crippen molar-refractivity contribution < 1.29 is 14.3 Å². The molecule has 120 valence electrons. The molecule has 23 heavy (non-hydrogen) atoms. The van der Waals surface area contributed by atoms with Gasteiger partial charge in [-0.1, -0.05) is 12.1 Å². The Hall–Kier alpha value is -2.63. The largest absolute Gasteiger partial charge is 0.488 e. The van der Waals surface area contributed by atoms with Gasteiger partial charge >= 0.3 is 0 Å². The maximum absolute atomic E-state index is 11.8. The molecule has 0 saturated carbocycles. The summed E-state index contributed by atoms with van der Waals surface area (Å²) in [6, 6.07) is 5.88. The summed E-state index contributed by atoms with van der Waals surface area (Å²) in [6.07, 6.45) is 5.30. The molecule has 0 radical (unpaired) electrons. The van der Waals surface area contributed by atoms with Gasteiger partial charge in [0, 0.05) is 24.4 Å². The van der Waals surface area contributed by atoms with E-state index in [4.69, 9.17) is 9.47 Å². The molecule has 3 rings (SSSR count). The van der Waals surface area contributed by atoms with Crippen molar-refractivity contribution in [1.29, 1.82) is 0 Å². The molecule has 1 aromatic carbocycles. The minimum Gasteiger partial charge on any atom is -0.488 e. The average Bonchev–Trinajstić information content (AvgIpc) is 2.86. The van der Waals surface area contributed by atoms with E-state index in [9.17, 15) is 4.79 Å². The standard InChI is InChI=1S/C17H19N3O3/c1-17(2)10-12-4-3-5-14(15(12)23-17)22-9-8-20-16(21)13-11-18-6-7-19-13/h3-7,11H,8-10H2,1-2H3,(H,20,21). The smallest absolute Gasteiger partial charge is 0.271 e. The number of para-hydroxylation sites is 1. The highest BCUT2D eigenvalue weighted by atomic mass is 16.5. The lowest BCUT2D eigenvalue weighted by atomic mass is 10.0. The lowest BCUT2D eigenvalue weighted by Crippen LogP contribution is -2.29. The van der Waals surface area contributed by atoms with Gasteiger partial charge in [-0.2, -0.15) is 0 Å². The van der Waals surface area contributed by atoms with Crippen LogP contribution in [-0.2, 0) is 6.42 Å². The van der Waals surface area contributed by atoms with E-state index in [1.165, 1.54) is 18.6 Å². The Morgan fingerprint density at radius 2 is 2.26 bits per heavy atom. The van der Waals surface area contributed by atoms with E-state index >= 15 is 0 Å². The molecule has 1 aromatic heterocycles. The number of amides is 1. The molecule has 0 unspecified atom stereocenters. The van der Waals surface area contributed by atoms with Gasteiger partial charge in [0.2, 0.25) is 0 Å². The van der Waals surface area contributed by atoms with E-state index in [1.807, 2.05) is 18.2 Å². The first-order valence-electron chi connectivity index (χ1n) is 7.53. The summed E-state index contributed by atoms with van der Waals surface area (Å²) in [5, 5.41) is 2.75. The summed E-state index contributed by atoms with van der Waals surface area (Å²) in [5.74, 6) is 1.25. The quantitative estimate of drug-likeness (QED) is 0.855. The van der Waals surface area contributed by atoms with Crippen LogP contribution >= 0.6 is 0 Å². The molecule has 1 aliphatic heterocycles. The fraction of sp³-hybridized carbons (Fsp3) is 0.353. The second-order valence-corrected chi connectivity index (χ2v) is 5.98. The Labute approximate surface area is 134 Å². The molecule has 0 bridgehead atoms. The highest BCUT2D eigenvalue weighted by Gasteiger charge is 2.32. The Bertz CT molecular complexity index is 701. The van der Waals surface area contributed by atoms with Crippen molar-refractivity contribution in [2.24, 2.45) is 0 Å². The van der Waals surface area contributed by atoms with Crippen LogP contribution in [0, 0.1) is 0 Å². The summed E-state index contributed by atoms with van der Waals surface area (Å²) < 4.78 is 11.7. The molecule has 2 heterocycles. The SMILES string of the molecule is CC1(C)Cc2cccc(OCCNC(=O)c3cnccn3)c2O1. The third-order valence-corrected chi connectivity index (χ3v) is 3.50. The molecular weight excluding hydrogens is 294 g/mol. The van der Waals surface area contributed by atoms with Crippen LogP contribution in [0.3, 0.4) is 0 Å². The first-order chi connectivity index (χ1) is 11.1. The van der Waals surface area contributed by atoms with Gasteiger partial charge in [0.15, 0.2) is 11.5 Å². The fourth-order valence-electron chi connectivity index (χ4n) is 2.53. The van der Waals surface area contributed by atoms with E-state index < -0.39 is 0 Å². The first-order valence-corrected chi connectivity index (χ1v) is 7.53. The van der Waals surface area contributed by atoms with Gasteiger partial charge in [0.1, 0.15) is 17.9 Å². The molecule has 1 aliphatic rings. The van der Waals surface area contributed by atoms with Gasteiger partial charge in [-0.3, -0.25) is 9.78 Å². The molecule has 0 spiro atoms. The zero-order valence-electron chi connectivity index (χ0n) is 13.2. The number of hydrogen-bond donors (Lipinski definition) is 1. The number of nitrogens with zero attached hydrogens (tertiary/aromatic N) is 2. The third kappa shape index (κ3) is 3.59. The number of nitrogens with one attached hydrogen (secondary N) is 1. The lowest BCUT2D eigenvalue weighted by Gasteiger charge is -2.18. The molecular formula is C17H19N3O3. The number of carbonyl (C=O) groups is 1. The van der Waals surface area contributed by atoms with Crippen LogP contribution < -0.4 is 14.8 Å². The van der Waals surface area contributed by atoms with Crippen LogP contribution in [0.25, 0.3) is 0 Å². The van der Waals surface area contributed by atoms with E-state index in [0.717, 1.165) is 17.7 Å². The second-order valence-electron chi connectivity index (χ2n) is 5.98. The van der Waals surface area contributed by atoms with Crippen molar-refractivity contribution in [2.75, 3.05) is 13.2 Å². The van der Waals surface area contributed by atoms with Gasteiger partial charge in [0.25, 0.3) is 5.91 Å². The van der Waals surface area contributed by atoms with Gasteiger partial charge in [-0.05, 0) is 19.9 Å². The van der Waals surface area contributed by atoms with Gasteiger partial charge in [-0.15, -0.1) is 0 Å². The van der Waals surface area contributed by atoms with Crippen LogP contribution in [0.4, 0.5) is 0 Å². The van der Waals surface area contributed by atoms with E-state index in [-0.39, 0.29) is 17.2 Å². The number of benzene rings is 1. The predicted molar refractivity (Wildman–Crippen MR) is 84.7 cm³/mol. The van der Waals surface area contributed by atoms with Gasteiger partial charge in [0.05, 0.1) is 12.7 Å². The Balaban J connectivity index is 1.53. The van der Waals surface area contributed by atoms with Crippen molar-refractivity contribution in [2.45, 2.75) is 25.9 Å². The summed E-state index contributed by atoms with van der Waals surface area (Å²) in [7, 11) is 0. The molecule has 6 nitrogen and oxygen atoms in total. The highest BCUT2D eigenvalue weighted by Crippen LogP contribution is 2.41. The maximum atomic E-state index is 11.8. The molecule has 0 saturated heterocycles. The molecule has 1 amide bonds. The predicted octanol–water partition coefficient (Wildman–Crippen LogP) is 2.00.